The van der Waals surface area contributed by atoms with E-state index in [1.165, 1.54) is 32.6 Å². The van der Waals surface area contributed by atoms with Crippen LogP contribution in [0.1, 0.15) is 50.6 Å². The zero-order valence-corrected chi connectivity index (χ0v) is 26.1. The van der Waals surface area contributed by atoms with Crippen LogP contribution >= 0.6 is 0 Å². The van der Waals surface area contributed by atoms with E-state index in [-0.39, 0.29) is 30.3 Å². The molecule has 1 aliphatic heterocycles. The van der Waals surface area contributed by atoms with Crippen molar-refractivity contribution in [2.75, 3.05) is 0 Å². The first-order valence-corrected chi connectivity index (χ1v) is 17.1. The fourth-order valence-corrected chi connectivity index (χ4v) is 8.94. The molecule has 3 aliphatic rings. The molecule has 3 heterocycles. The number of rotatable bonds is 3. The smallest absolute Gasteiger partial charge is 0.305 e. The molecule has 9 nitrogen and oxygen atoms in total. The number of aliphatic hydroxyl groups is 1. The largest absolute Gasteiger partial charge is 0.391 e. The Morgan fingerprint density at radius 1 is 0.674 bits per heavy atom. The number of fused-ring (bicyclic) bond motifs is 7. The summed E-state index contributed by atoms with van der Waals surface area (Å²) in [5.41, 5.74) is 13.4. The summed E-state index contributed by atoms with van der Waals surface area (Å²) in [5, 5.41) is 19.5. The highest BCUT2D eigenvalue weighted by Crippen LogP contribution is 2.42. The fourth-order valence-electron chi connectivity index (χ4n) is 8.05. The van der Waals surface area contributed by atoms with Crippen molar-refractivity contribution < 1.29 is 17.7 Å². The topological polar surface area (TPSA) is 114 Å². The van der Waals surface area contributed by atoms with Crippen LogP contribution < -0.4 is 0 Å². The molecule has 9 rings (SSSR count). The second-order valence-corrected chi connectivity index (χ2v) is 13.3. The molecule has 3 fully saturated rings. The Morgan fingerprint density at radius 3 is 1.65 bits per heavy atom. The summed E-state index contributed by atoms with van der Waals surface area (Å²) in [5.74, 6) is 0. The van der Waals surface area contributed by atoms with Gasteiger partial charge in [-0.15, -0.1) is 0 Å². The number of aliphatic hydroxyl groups excluding tert-OH is 1. The van der Waals surface area contributed by atoms with Gasteiger partial charge in [-0.3, -0.25) is 8.37 Å². The van der Waals surface area contributed by atoms with E-state index in [1.807, 2.05) is 24.3 Å². The lowest BCUT2D eigenvalue weighted by Crippen LogP contribution is -2.37. The molecule has 2 saturated carbocycles. The second kappa shape index (κ2) is 12.2. The maximum absolute atomic E-state index is 11.7. The molecule has 234 valence electrons. The van der Waals surface area contributed by atoms with Gasteiger partial charge in [-0.05, 0) is 61.9 Å². The summed E-state index contributed by atoms with van der Waals surface area (Å²) >= 11 is -1.61. The molecule has 0 amide bonds. The number of nitrogens with zero attached hydrogens (tertiary/aromatic N) is 5. The third-order valence-electron chi connectivity index (χ3n) is 10.0. The van der Waals surface area contributed by atoms with Gasteiger partial charge in [0.1, 0.15) is 12.2 Å². The predicted octanol–water partition coefficient (Wildman–Crippen LogP) is 8.44. The van der Waals surface area contributed by atoms with E-state index in [4.69, 9.17) is 13.9 Å². The van der Waals surface area contributed by atoms with Gasteiger partial charge in [-0.25, -0.2) is 0 Å². The van der Waals surface area contributed by atoms with Crippen molar-refractivity contribution in [3.8, 4) is 0 Å². The standard InChI is InChI=1S/C18H18N4O.C18H17NO3S/c19-21-20-14-8-5-11-17(18(14)23)22-15-9-3-1-6-12(15)13-7-2-4-10-16(13)22;20-23-21-17-11-5-10-16(18(17)22-23)19-14-8-3-1-6-12(14)13-7-2-4-9-15(13)19/h1-4,6-7,9-10,14,17-18,23H,5,8,11H2;1-4,6-9,16-18H,5,10-11H2/t14-,17?,18+;16?,17-,18+,23?/m01/s1. The molecule has 3 unspecified atom stereocenters. The van der Waals surface area contributed by atoms with Gasteiger partial charge in [-0.2, -0.15) is 4.21 Å². The lowest BCUT2D eigenvalue weighted by Gasteiger charge is -2.34. The fraction of sp³-hybridized carbons (Fsp3) is 0.333. The van der Waals surface area contributed by atoms with E-state index in [0.29, 0.717) is 0 Å². The highest BCUT2D eigenvalue weighted by molar-refractivity contribution is 7.75. The first-order chi connectivity index (χ1) is 22.6. The monoisotopic (exact) mass is 633 g/mol. The SMILES string of the molecule is O=S1O[C@@H]2CCCC(n3c4ccccc4c4ccccc43)[C@@H]2O1.[N-]=[N+]=N[C@H]1CCCC(n2c3ccccc3c3ccccc32)[C@@H]1O. The van der Waals surface area contributed by atoms with Crippen molar-refractivity contribution in [1.82, 2.24) is 9.13 Å². The molecule has 2 aromatic heterocycles. The minimum absolute atomic E-state index is 0.0606. The Kier molecular flexibility index (Phi) is 7.76. The van der Waals surface area contributed by atoms with Crippen molar-refractivity contribution >= 4 is 55.0 Å². The molecule has 10 heteroatoms. The molecule has 0 bridgehead atoms. The summed E-state index contributed by atoms with van der Waals surface area (Å²) in [6, 6.07) is 33.3. The number of benzene rings is 4. The van der Waals surface area contributed by atoms with Crippen LogP contribution in [-0.4, -0.2) is 42.8 Å². The maximum atomic E-state index is 11.7. The zero-order valence-electron chi connectivity index (χ0n) is 25.3. The van der Waals surface area contributed by atoms with Gasteiger partial charge >= 0.3 is 11.4 Å². The molecule has 0 spiro atoms. The van der Waals surface area contributed by atoms with E-state index >= 15 is 0 Å². The van der Waals surface area contributed by atoms with Crippen LogP contribution in [0.2, 0.25) is 0 Å². The molecule has 7 atom stereocenters. The predicted molar refractivity (Wildman–Crippen MR) is 181 cm³/mol. The van der Waals surface area contributed by atoms with Gasteiger partial charge in [0.25, 0.3) is 0 Å². The number of hydrogen-bond acceptors (Lipinski definition) is 5. The Balaban J connectivity index is 0.000000136. The minimum Gasteiger partial charge on any atom is -0.391 e. The molecule has 46 heavy (non-hydrogen) atoms. The second-order valence-electron chi connectivity index (χ2n) is 12.5. The quantitative estimate of drug-likeness (QED) is 0.120. The van der Waals surface area contributed by atoms with Gasteiger partial charge < -0.3 is 14.2 Å². The van der Waals surface area contributed by atoms with E-state index in [9.17, 15) is 9.32 Å². The molecule has 1 N–H and O–H groups in total. The van der Waals surface area contributed by atoms with Crippen LogP contribution in [0.25, 0.3) is 54.1 Å². The molecule has 0 radical (unpaired) electrons. The van der Waals surface area contributed by atoms with Gasteiger partial charge in [0.05, 0.1) is 24.2 Å². The highest BCUT2D eigenvalue weighted by atomic mass is 32.2. The molecule has 1 saturated heterocycles. The molecule has 6 aromatic rings. The van der Waals surface area contributed by atoms with E-state index < -0.39 is 17.5 Å². The first kappa shape index (κ1) is 29.2. The Bertz CT molecular complexity index is 2030. The normalized spacial score (nSPS) is 27.7. The summed E-state index contributed by atoms with van der Waals surface area (Å²) < 4.78 is 27.4. The van der Waals surface area contributed by atoms with Crippen LogP contribution in [0.4, 0.5) is 0 Å². The van der Waals surface area contributed by atoms with Crippen LogP contribution in [0.3, 0.4) is 0 Å². The Morgan fingerprint density at radius 2 is 1.13 bits per heavy atom. The average Bonchev–Trinajstić information content (AvgIpc) is 3.75. The van der Waals surface area contributed by atoms with E-state index in [2.05, 4.69) is 92.0 Å². The van der Waals surface area contributed by atoms with Crippen molar-refractivity contribution in [3.05, 3.63) is 108 Å². The van der Waals surface area contributed by atoms with Crippen molar-refractivity contribution in [1.29, 1.82) is 0 Å². The molecular weight excluding hydrogens is 598 g/mol. The molecular formula is C36H35N5O4S. The molecule has 2 aliphatic carbocycles. The third kappa shape index (κ3) is 4.89. The number of para-hydroxylation sites is 4. The summed E-state index contributed by atoms with van der Waals surface area (Å²) in [6.45, 7) is 0. The van der Waals surface area contributed by atoms with Crippen LogP contribution in [-0.2, 0) is 19.7 Å². The number of azide groups is 1. The van der Waals surface area contributed by atoms with Crippen molar-refractivity contribution in [2.45, 2.75) is 75.0 Å². The van der Waals surface area contributed by atoms with Crippen molar-refractivity contribution in [2.24, 2.45) is 5.11 Å². The summed E-state index contributed by atoms with van der Waals surface area (Å²) in [7, 11) is 0. The zero-order chi connectivity index (χ0) is 31.2. The Hall–Kier alpha value is -4.18. The number of hydrogen-bond donors (Lipinski definition) is 1. The average molecular weight is 634 g/mol. The van der Waals surface area contributed by atoms with Crippen LogP contribution in [0, 0.1) is 0 Å². The van der Waals surface area contributed by atoms with Gasteiger partial charge in [0, 0.05) is 48.5 Å². The maximum Gasteiger partial charge on any atom is 0.305 e. The van der Waals surface area contributed by atoms with Gasteiger partial charge in [0.15, 0.2) is 0 Å². The Labute approximate surface area is 268 Å². The van der Waals surface area contributed by atoms with Crippen LogP contribution in [0.15, 0.2) is 102 Å². The molecule has 4 aromatic carbocycles. The van der Waals surface area contributed by atoms with E-state index in [0.717, 1.165) is 49.6 Å². The van der Waals surface area contributed by atoms with Gasteiger partial charge in [0.2, 0.25) is 0 Å². The highest BCUT2D eigenvalue weighted by Gasteiger charge is 2.44. The third-order valence-corrected chi connectivity index (χ3v) is 10.8. The van der Waals surface area contributed by atoms with Gasteiger partial charge in [-0.1, -0.05) is 84.3 Å². The first-order valence-electron chi connectivity index (χ1n) is 16.1. The lowest BCUT2D eigenvalue weighted by molar-refractivity contribution is 0.0608. The number of aromatic nitrogens is 2. The summed E-state index contributed by atoms with van der Waals surface area (Å²) in [6.07, 6.45) is 4.74. The van der Waals surface area contributed by atoms with E-state index in [1.54, 1.807) is 0 Å². The van der Waals surface area contributed by atoms with Crippen molar-refractivity contribution in [3.63, 3.8) is 0 Å². The van der Waals surface area contributed by atoms with Crippen LogP contribution in [0.5, 0.6) is 0 Å². The minimum atomic E-state index is -1.61. The lowest BCUT2D eigenvalue weighted by atomic mass is 9.88. The summed E-state index contributed by atoms with van der Waals surface area (Å²) in [4.78, 5) is 2.91.